The van der Waals surface area contributed by atoms with E-state index in [1.54, 1.807) is 0 Å². The molecule has 0 aromatic carbocycles. The summed E-state index contributed by atoms with van der Waals surface area (Å²) in [5.74, 6) is 0.429. The van der Waals surface area contributed by atoms with Crippen molar-refractivity contribution < 1.29 is 9.59 Å². The minimum Gasteiger partial charge on any atom is -0.351 e. The molecule has 4 nitrogen and oxygen atoms in total. The Labute approximate surface area is 77.9 Å². The average molecular weight is 184 g/mol. The third-order valence-corrected chi connectivity index (χ3v) is 2.52. The van der Waals surface area contributed by atoms with E-state index in [2.05, 4.69) is 5.32 Å². The first-order chi connectivity index (χ1) is 6.18. The van der Waals surface area contributed by atoms with Gasteiger partial charge in [0.15, 0.2) is 0 Å². The monoisotopic (exact) mass is 184 g/mol. The molecule has 74 valence electrons. The molecule has 1 fully saturated rings. The molecule has 1 saturated carbocycles. The lowest BCUT2D eigenvalue weighted by Gasteiger charge is -2.06. The van der Waals surface area contributed by atoms with Crippen molar-refractivity contribution in [3.63, 3.8) is 0 Å². The molecule has 1 rings (SSSR count). The fraction of sp³-hybridized carbons (Fsp3) is 0.778. The number of urea groups is 1. The molecular formula is C9H16N2O2. The number of primary amides is 1. The minimum atomic E-state index is -0.753. The van der Waals surface area contributed by atoms with E-state index in [9.17, 15) is 9.59 Å². The fourth-order valence-electron chi connectivity index (χ4n) is 1.83. The van der Waals surface area contributed by atoms with E-state index in [0.29, 0.717) is 12.3 Å². The van der Waals surface area contributed by atoms with Gasteiger partial charge in [-0.2, -0.15) is 0 Å². The lowest BCUT2D eigenvalue weighted by molar-refractivity contribution is -0.120. The van der Waals surface area contributed by atoms with Crippen LogP contribution in [-0.4, -0.2) is 11.9 Å². The largest absolute Gasteiger partial charge is 0.351 e. The predicted octanol–water partition coefficient (Wildman–Crippen LogP) is 1.15. The van der Waals surface area contributed by atoms with Crippen LogP contribution < -0.4 is 11.1 Å². The maximum absolute atomic E-state index is 11.0. The van der Waals surface area contributed by atoms with Crippen LogP contribution in [0.2, 0.25) is 0 Å². The van der Waals surface area contributed by atoms with Crippen LogP contribution in [-0.2, 0) is 4.79 Å². The molecule has 4 heteroatoms. The molecular weight excluding hydrogens is 168 g/mol. The van der Waals surface area contributed by atoms with E-state index in [0.717, 1.165) is 6.42 Å². The molecule has 3 amide bonds. The van der Waals surface area contributed by atoms with Gasteiger partial charge in [-0.1, -0.05) is 25.7 Å². The van der Waals surface area contributed by atoms with Crippen LogP contribution in [0.3, 0.4) is 0 Å². The maximum atomic E-state index is 11.0. The summed E-state index contributed by atoms with van der Waals surface area (Å²) in [5.41, 5.74) is 4.81. The van der Waals surface area contributed by atoms with Crippen molar-refractivity contribution in [2.45, 2.75) is 38.5 Å². The second-order valence-electron chi connectivity index (χ2n) is 3.60. The highest BCUT2D eigenvalue weighted by molar-refractivity contribution is 5.93. The summed E-state index contributed by atoms with van der Waals surface area (Å²) < 4.78 is 0. The Balaban J connectivity index is 2.10. The van der Waals surface area contributed by atoms with Crippen LogP contribution in [0.4, 0.5) is 4.79 Å². The van der Waals surface area contributed by atoms with Crippen LogP contribution in [0.25, 0.3) is 0 Å². The molecule has 0 aromatic rings. The third-order valence-electron chi connectivity index (χ3n) is 2.52. The van der Waals surface area contributed by atoms with Crippen LogP contribution in [0.1, 0.15) is 38.5 Å². The van der Waals surface area contributed by atoms with Crippen molar-refractivity contribution in [2.24, 2.45) is 11.7 Å². The number of hydrogen-bond donors (Lipinski definition) is 2. The van der Waals surface area contributed by atoms with Gasteiger partial charge in [-0.15, -0.1) is 0 Å². The summed E-state index contributed by atoms with van der Waals surface area (Å²) in [6.45, 7) is 0. The Morgan fingerprint density at radius 1 is 1.31 bits per heavy atom. The van der Waals surface area contributed by atoms with Crippen molar-refractivity contribution in [1.82, 2.24) is 5.32 Å². The second kappa shape index (κ2) is 4.84. The first-order valence-corrected chi connectivity index (χ1v) is 4.78. The maximum Gasteiger partial charge on any atom is 0.318 e. The van der Waals surface area contributed by atoms with Gasteiger partial charge in [0.25, 0.3) is 0 Å². The number of nitrogens with one attached hydrogen (secondary N) is 1. The standard InChI is InChI=1S/C9H16N2O2/c10-9(13)11-8(12)6-5-7-3-1-2-4-7/h7H,1-6H2,(H3,10,11,12,13). The van der Waals surface area contributed by atoms with Crippen LogP contribution >= 0.6 is 0 Å². The first kappa shape index (κ1) is 10.0. The number of carbonyl (C=O) groups is 2. The van der Waals surface area contributed by atoms with E-state index in [4.69, 9.17) is 5.73 Å². The Bertz CT molecular complexity index is 198. The van der Waals surface area contributed by atoms with Gasteiger partial charge < -0.3 is 5.73 Å². The van der Waals surface area contributed by atoms with Gasteiger partial charge in [-0.05, 0) is 12.3 Å². The molecule has 0 saturated heterocycles. The lowest BCUT2D eigenvalue weighted by atomic mass is 10.0. The zero-order valence-corrected chi connectivity index (χ0v) is 7.71. The zero-order valence-electron chi connectivity index (χ0n) is 7.71. The smallest absolute Gasteiger partial charge is 0.318 e. The van der Waals surface area contributed by atoms with Crippen molar-refractivity contribution >= 4 is 11.9 Å². The van der Waals surface area contributed by atoms with Crippen LogP contribution in [0.15, 0.2) is 0 Å². The highest BCUT2D eigenvalue weighted by Crippen LogP contribution is 2.28. The molecule has 1 aliphatic carbocycles. The molecule has 0 aliphatic heterocycles. The van der Waals surface area contributed by atoms with Gasteiger partial charge in [0.05, 0.1) is 0 Å². The summed E-state index contributed by atoms with van der Waals surface area (Å²) in [6, 6.07) is -0.753. The number of amides is 3. The predicted molar refractivity (Wildman–Crippen MR) is 48.9 cm³/mol. The van der Waals surface area contributed by atoms with Crippen LogP contribution in [0, 0.1) is 5.92 Å². The molecule has 13 heavy (non-hydrogen) atoms. The summed E-state index contributed by atoms with van der Waals surface area (Å²) in [7, 11) is 0. The Morgan fingerprint density at radius 3 is 2.46 bits per heavy atom. The summed E-state index contributed by atoms with van der Waals surface area (Å²) >= 11 is 0. The number of nitrogens with two attached hydrogens (primary N) is 1. The molecule has 3 N–H and O–H groups in total. The zero-order chi connectivity index (χ0) is 9.68. The SMILES string of the molecule is NC(=O)NC(=O)CCC1CCCC1. The number of hydrogen-bond acceptors (Lipinski definition) is 2. The van der Waals surface area contributed by atoms with Gasteiger partial charge in [0.2, 0.25) is 5.91 Å². The van der Waals surface area contributed by atoms with Crippen molar-refractivity contribution in [1.29, 1.82) is 0 Å². The van der Waals surface area contributed by atoms with Gasteiger partial charge in [-0.3, -0.25) is 10.1 Å². The Kier molecular flexibility index (Phi) is 3.73. The molecule has 0 spiro atoms. The topological polar surface area (TPSA) is 72.2 Å². The molecule has 0 aromatic heterocycles. The lowest BCUT2D eigenvalue weighted by Crippen LogP contribution is -2.34. The molecule has 0 bridgehead atoms. The van der Waals surface area contributed by atoms with E-state index >= 15 is 0 Å². The first-order valence-electron chi connectivity index (χ1n) is 4.78. The van der Waals surface area contributed by atoms with Crippen molar-refractivity contribution in [3.8, 4) is 0 Å². The summed E-state index contributed by atoms with van der Waals surface area (Å²) in [5, 5.41) is 2.07. The average Bonchev–Trinajstić information content (AvgIpc) is 2.51. The van der Waals surface area contributed by atoms with Gasteiger partial charge in [0.1, 0.15) is 0 Å². The van der Waals surface area contributed by atoms with Gasteiger partial charge in [0, 0.05) is 6.42 Å². The number of rotatable bonds is 3. The van der Waals surface area contributed by atoms with E-state index in [1.165, 1.54) is 25.7 Å². The fourth-order valence-corrected chi connectivity index (χ4v) is 1.83. The molecule has 0 radical (unpaired) electrons. The van der Waals surface area contributed by atoms with Crippen LogP contribution in [0.5, 0.6) is 0 Å². The van der Waals surface area contributed by atoms with Gasteiger partial charge >= 0.3 is 6.03 Å². The summed E-state index contributed by atoms with van der Waals surface area (Å²) in [6.07, 6.45) is 6.32. The number of carbonyl (C=O) groups excluding carboxylic acids is 2. The van der Waals surface area contributed by atoms with E-state index < -0.39 is 6.03 Å². The Morgan fingerprint density at radius 2 is 1.92 bits per heavy atom. The van der Waals surface area contributed by atoms with Crippen molar-refractivity contribution in [3.05, 3.63) is 0 Å². The molecule has 0 atom stereocenters. The highest BCUT2D eigenvalue weighted by Gasteiger charge is 2.16. The molecule has 0 heterocycles. The normalized spacial score (nSPS) is 17.2. The van der Waals surface area contributed by atoms with E-state index in [1.807, 2.05) is 0 Å². The molecule has 1 aliphatic rings. The quantitative estimate of drug-likeness (QED) is 0.690. The minimum absolute atomic E-state index is 0.251. The van der Waals surface area contributed by atoms with Gasteiger partial charge in [-0.25, -0.2) is 4.79 Å². The highest BCUT2D eigenvalue weighted by atomic mass is 16.2. The third kappa shape index (κ3) is 3.92. The summed E-state index contributed by atoms with van der Waals surface area (Å²) in [4.78, 5) is 21.3. The molecule has 0 unspecified atom stereocenters. The van der Waals surface area contributed by atoms with Crippen molar-refractivity contribution in [2.75, 3.05) is 0 Å². The second-order valence-corrected chi connectivity index (χ2v) is 3.60. The Hall–Kier alpha value is -1.06. The van der Waals surface area contributed by atoms with E-state index in [-0.39, 0.29) is 5.91 Å². The number of imide groups is 1.